The molecule has 5 rings (SSSR count). The number of H-pyrrole nitrogens is 1. The number of hydrogen-bond donors (Lipinski definition) is 2. The van der Waals surface area contributed by atoms with Crippen LogP contribution in [0.2, 0.25) is 0 Å². The fourth-order valence-electron chi connectivity index (χ4n) is 4.01. The van der Waals surface area contributed by atoms with Crippen LogP contribution in [0.25, 0.3) is 43.6 Å². The first-order chi connectivity index (χ1) is 14.1. The third-order valence-electron chi connectivity index (χ3n) is 5.55. The summed E-state index contributed by atoms with van der Waals surface area (Å²) >= 11 is 0. The zero-order chi connectivity index (χ0) is 21.4. The number of pyridine rings is 2. The summed E-state index contributed by atoms with van der Waals surface area (Å²) in [6.45, 7) is 1.93. The molecule has 2 N–H and O–H groups in total. The number of nitrogens with one attached hydrogen (secondary N) is 1. The second-order valence-corrected chi connectivity index (χ2v) is 8.88. The Morgan fingerprint density at radius 1 is 0.800 bits per heavy atom. The highest BCUT2D eigenvalue weighted by Gasteiger charge is 2.16. The predicted molar refractivity (Wildman–Crippen MR) is 117 cm³/mol. The SMILES string of the molecule is Cc1ccc2c(=O)c3cc4c(cc3[nH]c2c1)c(=O)c1cc(S(=O)(=O)O)ccc1n4C. The minimum absolute atomic E-state index is 0.130. The van der Waals surface area contributed by atoms with E-state index in [1.165, 1.54) is 18.2 Å². The molecule has 0 bridgehead atoms. The van der Waals surface area contributed by atoms with Gasteiger partial charge < -0.3 is 9.55 Å². The van der Waals surface area contributed by atoms with E-state index in [0.717, 1.165) is 5.56 Å². The standard InChI is InChI=1S/C22H16N2O5S/c1-11-3-5-13-17(7-11)23-18-9-16-20(10-14(18)21(13)25)24(2)19-6-4-12(30(27,28)29)8-15(19)22(16)26/h3-10H,1-2H3,(H,23,25)(H,27,28,29). The van der Waals surface area contributed by atoms with Crippen molar-refractivity contribution in [3.63, 3.8) is 0 Å². The van der Waals surface area contributed by atoms with Crippen LogP contribution in [0.3, 0.4) is 0 Å². The van der Waals surface area contributed by atoms with E-state index in [-0.39, 0.29) is 21.1 Å². The lowest BCUT2D eigenvalue weighted by Gasteiger charge is -2.12. The van der Waals surface area contributed by atoms with Crippen LogP contribution in [-0.4, -0.2) is 22.5 Å². The summed E-state index contributed by atoms with van der Waals surface area (Å²) in [5, 5.41) is 1.53. The molecule has 5 aromatic rings. The predicted octanol–water partition coefficient (Wildman–Crippen LogP) is 3.24. The molecule has 7 nitrogen and oxygen atoms in total. The van der Waals surface area contributed by atoms with Gasteiger partial charge in [-0.3, -0.25) is 14.1 Å². The van der Waals surface area contributed by atoms with Crippen LogP contribution < -0.4 is 10.9 Å². The fraction of sp³-hybridized carbons (Fsp3) is 0.0909. The van der Waals surface area contributed by atoms with E-state index in [1.807, 2.05) is 19.1 Å². The van der Waals surface area contributed by atoms with Crippen LogP contribution in [0.1, 0.15) is 5.56 Å². The molecule has 0 aliphatic carbocycles. The summed E-state index contributed by atoms with van der Waals surface area (Å²) in [5.74, 6) is 0. The van der Waals surface area contributed by atoms with Crippen molar-refractivity contribution < 1.29 is 13.0 Å². The first-order valence-corrected chi connectivity index (χ1v) is 10.6. The number of benzene rings is 3. The Labute approximate surface area is 169 Å². The van der Waals surface area contributed by atoms with Crippen molar-refractivity contribution in [2.75, 3.05) is 0 Å². The summed E-state index contributed by atoms with van der Waals surface area (Å²) in [4.78, 5) is 29.1. The summed E-state index contributed by atoms with van der Waals surface area (Å²) in [6.07, 6.45) is 0. The molecule has 0 saturated heterocycles. The van der Waals surface area contributed by atoms with Gasteiger partial charge in [-0.25, -0.2) is 0 Å². The number of aromatic amines is 1. The minimum Gasteiger partial charge on any atom is -0.354 e. The molecule has 2 aromatic heterocycles. The summed E-state index contributed by atoms with van der Waals surface area (Å²) in [5.41, 5.74) is 2.73. The van der Waals surface area contributed by atoms with Gasteiger partial charge >= 0.3 is 0 Å². The Hall–Kier alpha value is -3.49. The van der Waals surface area contributed by atoms with Crippen molar-refractivity contribution in [1.29, 1.82) is 0 Å². The second kappa shape index (κ2) is 6.01. The van der Waals surface area contributed by atoms with Gasteiger partial charge in [-0.05, 0) is 55.0 Å². The van der Waals surface area contributed by atoms with Crippen molar-refractivity contribution in [3.05, 3.63) is 74.5 Å². The van der Waals surface area contributed by atoms with Gasteiger partial charge in [-0.2, -0.15) is 8.42 Å². The van der Waals surface area contributed by atoms with Gasteiger partial charge in [0.1, 0.15) is 0 Å². The molecule has 0 radical (unpaired) electrons. The van der Waals surface area contributed by atoms with Gasteiger partial charge in [0.15, 0.2) is 10.9 Å². The number of nitrogens with zero attached hydrogens (tertiary/aromatic N) is 1. The van der Waals surface area contributed by atoms with Crippen molar-refractivity contribution in [3.8, 4) is 0 Å². The number of rotatable bonds is 1. The molecule has 30 heavy (non-hydrogen) atoms. The maximum atomic E-state index is 13.2. The minimum atomic E-state index is -4.44. The van der Waals surface area contributed by atoms with Crippen LogP contribution >= 0.6 is 0 Å². The highest BCUT2D eigenvalue weighted by atomic mass is 32.2. The third-order valence-corrected chi connectivity index (χ3v) is 6.40. The lowest BCUT2D eigenvalue weighted by Crippen LogP contribution is -2.12. The Morgan fingerprint density at radius 3 is 2.20 bits per heavy atom. The largest absolute Gasteiger partial charge is 0.354 e. The summed E-state index contributed by atoms with van der Waals surface area (Å²) in [7, 11) is -2.70. The molecule has 2 heterocycles. The zero-order valence-electron chi connectivity index (χ0n) is 16.1. The smallest absolute Gasteiger partial charge is 0.294 e. The normalized spacial score (nSPS) is 12.4. The molecule has 0 saturated carbocycles. The Bertz CT molecular complexity index is 1780. The van der Waals surface area contributed by atoms with Crippen LogP contribution in [-0.2, 0) is 17.2 Å². The molecule has 0 unspecified atom stereocenters. The van der Waals surface area contributed by atoms with Gasteiger partial charge in [0.2, 0.25) is 0 Å². The maximum absolute atomic E-state index is 13.2. The Balaban J connectivity index is 1.98. The second-order valence-electron chi connectivity index (χ2n) is 7.46. The van der Waals surface area contributed by atoms with Crippen molar-refractivity contribution in [2.45, 2.75) is 11.8 Å². The molecule has 0 aliphatic heterocycles. The van der Waals surface area contributed by atoms with Crippen LogP contribution in [0.5, 0.6) is 0 Å². The van der Waals surface area contributed by atoms with E-state index < -0.39 is 10.1 Å². The fourth-order valence-corrected chi connectivity index (χ4v) is 4.52. The average Bonchev–Trinajstić information content (AvgIpc) is 2.70. The Kier molecular flexibility index (Phi) is 3.71. The van der Waals surface area contributed by atoms with Gasteiger partial charge in [0.25, 0.3) is 10.1 Å². The average molecular weight is 420 g/mol. The van der Waals surface area contributed by atoms with Crippen molar-refractivity contribution in [2.24, 2.45) is 7.05 Å². The van der Waals surface area contributed by atoms with Crippen molar-refractivity contribution >= 4 is 53.7 Å². The molecule has 150 valence electrons. The third kappa shape index (κ3) is 2.58. The van der Waals surface area contributed by atoms with E-state index in [0.29, 0.717) is 38.2 Å². The molecule has 8 heteroatoms. The van der Waals surface area contributed by atoms with E-state index in [9.17, 15) is 22.6 Å². The molecule has 0 aliphatic rings. The highest BCUT2D eigenvalue weighted by molar-refractivity contribution is 7.85. The van der Waals surface area contributed by atoms with Crippen molar-refractivity contribution in [1.82, 2.24) is 9.55 Å². The van der Waals surface area contributed by atoms with Gasteiger partial charge in [-0.1, -0.05) is 6.07 Å². The number of aryl methyl sites for hydroxylation is 2. The maximum Gasteiger partial charge on any atom is 0.294 e. The first-order valence-electron chi connectivity index (χ1n) is 9.15. The Morgan fingerprint density at radius 2 is 1.47 bits per heavy atom. The van der Waals surface area contributed by atoms with Crippen LogP contribution in [0.15, 0.2) is 63.0 Å². The molecule has 0 amide bonds. The quantitative estimate of drug-likeness (QED) is 0.320. The number of hydrogen-bond acceptors (Lipinski definition) is 4. The molecular formula is C22H16N2O5S. The van der Waals surface area contributed by atoms with E-state index in [4.69, 9.17) is 0 Å². The van der Waals surface area contributed by atoms with Gasteiger partial charge in [0.05, 0.1) is 21.4 Å². The highest BCUT2D eigenvalue weighted by Crippen LogP contribution is 2.25. The molecule has 0 atom stereocenters. The van der Waals surface area contributed by atoms with Crippen LogP contribution in [0, 0.1) is 6.92 Å². The monoisotopic (exact) mass is 420 g/mol. The topological polar surface area (TPSA) is 109 Å². The molecular weight excluding hydrogens is 404 g/mol. The molecule has 3 aromatic carbocycles. The first kappa shape index (κ1) is 18.5. The van der Waals surface area contributed by atoms with Gasteiger partial charge in [0, 0.05) is 34.1 Å². The molecule has 0 spiro atoms. The summed E-state index contributed by atoms with van der Waals surface area (Å²) in [6, 6.07) is 12.7. The molecule has 0 fully saturated rings. The van der Waals surface area contributed by atoms with Crippen LogP contribution in [0.4, 0.5) is 0 Å². The van der Waals surface area contributed by atoms with E-state index in [1.54, 1.807) is 29.8 Å². The lowest BCUT2D eigenvalue weighted by atomic mass is 10.0. The zero-order valence-corrected chi connectivity index (χ0v) is 16.9. The number of fused-ring (bicyclic) bond motifs is 4. The van der Waals surface area contributed by atoms with E-state index in [2.05, 4.69) is 4.98 Å². The number of aromatic nitrogens is 2. The van der Waals surface area contributed by atoms with E-state index >= 15 is 0 Å². The lowest BCUT2D eigenvalue weighted by molar-refractivity contribution is 0.483. The summed E-state index contributed by atoms with van der Waals surface area (Å²) < 4.78 is 34.1. The van der Waals surface area contributed by atoms with Gasteiger partial charge in [-0.15, -0.1) is 0 Å².